The molecule has 1 amide bonds. The number of hydrogen-bond donors (Lipinski definition) is 2. The maximum Gasteiger partial charge on any atom is 0.225 e. The number of rotatable bonds is 5. The van der Waals surface area contributed by atoms with Crippen LogP contribution in [0.5, 0.6) is 0 Å². The lowest BCUT2D eigenvalue weighted by Crippen LogP contribution is -2.46. The zero-order valence-corrected chi connectivity index (χ0v) is 11.3. The molecule has 0 aliphatic carbocycles. The Morgan fingerprint density at radius 2 is 2.06 bits per heavy atom. The lowest BCUT2D eigenvalue weighted by molar-refractivity contribution is -0.130. The first-order chi connectivity index (χ1) is 7.97. The molecule has 0 aromatic heterocycles. The summed E-state index contributed by atoms with van der Waals surface area (Å²) in [6.45, 7) is 8.17. The molecule has 0 saturated carbocycles. The molecule has 1 aliphatic rings. The van der Waals surface area contributed by atoms with Crippen molar-refractivity contribution in [2.45, 2.75) is 46.1 Å². The van der Waals surface area contributed by atoms with Gasteiger partial charge >= 0.3 is 0 Å². The SMILES string of the molecule is CC(NC(=O)C(C)(C)CCN)C1CCOCC1. The molecule has 1 aliphatic heterocycles. The van der Waals surface area contributed by atoms with Crippen molar-refractivity contribution in [1.29, 1.82) is 0 Å². The quantitative estimate of drug-likeness (QED) is 0.763. The molecule has 1 rings (SSSR count). The predicted octanol–water partition coefficient (Wildman–Crippen LogP) is 1.29. The van der Waals surface area contributed by atoms with Gasteiger partial charge in [-0.25, -0.2) is 0 Å². The Morgan fingerprint density at radius 1 is 1.47 bits per heavy atom. The number of hydrogen-bond acceptors (Lipinski definition) is 3. The van der Waals surface area contributed by atoms with E-state index in [1.807, 2.05) is 13.8 Å². The first kappa shape index (κ1) is 14.5. The molecule has 4 nitrogen and oxygen atoms in total. The standard InChI is InChI=1S/C13H26N2O2/c1-10(11-4-8-17-9-5-11)15-12(16)13(2,3)6-7-14/h10-11H,4-9,14H2,1-3H3,(H,15,16). The summed E-state index contributed by atoms with van der Waals surface area (Å²) >= 11 is 0. The van der Waals surface area contributed by atoms with Gasteiger partial charge < -0.3 is 15.8 Å². The summed E-state index contributed by atoms with van der Waals surface area (Å²) in [6.07, 6.45) is 2.80. The molecule has 100 valence electrons. The summed E-state index contributed by atoms with van der Waals surface area (Å²) in [4.78, 5) is 12.1. The van der Waals surface area contributed by atoms with E-state index >= 15 is 0 Å². The van der Waals surface area contributed by atoms with Crippen LogP contribution in [0.4, 0.5) is 0 Å². The topological polar surface area (TPSA) is 64.4 Å². The van der Waals surface area contributed by atoms with Gasteiger partial charge in [0.05, 0.1) is 0 Å². The van der Waals surface area contributed by atoms with Crippen LogP contribution in [0, 0.1) is 11.3 Å². The van der Waals surface area contributed by atoms with E-state index in [0.717, 1.165) is 32.5 Å². The normalized spacial score (nSPS) is 20.0. The van der Waals surface area contributed by atoms with Crippen LogP contribution >= 0.6 is 0 Å². The van der Waals surface area contributed by atoms with Gasteiger partial charge in [-0.15, -0.1) is 0 Å². The first-order valence-electron chi connectivity index (χ1n) is 6.56. The number of carbonyl (C=O) groups excluding carboxylic acids is 1. The molecule has 0 spiro atoms. The third-order valence-corrected chi connectivity index (χ3v) is 3.72. The predicted molar refractivity (Wildman–Crippen MR) is 68.6 cm³/mol. The van der Waals surface area contributed by atoms with E-state index in [2.05, 4.69) is 12.2 Å². The van der Waals surface area contributed by atoms with Crippen molar-refractivity contribution in [3.8, 4) is 0 Å². The van der Waals surface area contributed by atoms with Crippen molar-refractivity contribution < 1.29 is 9.53 Å². The minimum absolute atomic E-state index is 0.113. The van der Waals surface area contributed by atoms with Crippen molar-refractivity contribution in [2.24, 2.45) is 17.1 Å². The molecule has 1 atom stereocenters. The second kappa shape index (κ2) is 6.36. The monoisotopic (exact) mass is 242 g/mol. The van der Waals surface area contributed by atoms with Crippen LogP contribution in [0.25, 0.3) is 0 Å². The lowest BCUT2D eigenvalue weighted by atomic mass is 9.86. The van der Waals surface area contributed by atoms with Gasteiger partial charge in [0.1, 0.15) is 0 Å². The fourth-order valence-corrected chi connectivity index (χ4v) is 2.21. The Labute approximate surface area is 104 Å². The van der Waals surface area contributed by atoms with Crippen molar-refractivity contribution >= 4 is 5.91 Å². The van der Waals surface area contributed by atoms with Gasteiger partial charge in [-0.05, 0) is 38.6 Å². The fraction of sp³-hybridized carbons (Fsp3) is 0.923. The summed E-state index contributed by atoms with van der Waals surface area (Å²) in [5, 5.41) is 3.12. The third-order valence-electron chi connectivity index (χ3n) is 3.72. The number of carbonyl (C=O) groups is 1. The summed E-state index contributed by atoms with van der Waals surface area (Å²) < 4.78 is 5.33. The van der Waals surface area contributed by atoms with E-state index in [9.17, 15) is 4.79 Å². The molecule has 1 unspecified atom stereocenters. The second-order valence-corrected chi connectivity index (χ2v) is 5.63. The van der Waals surface area contributed by atoms with Gasteiger partial charge in [0.15, 0.2) is 0 Å². The average Bonchev–Trinajstić information content (AvgIpc) is 2.30. The van der Waals surface area contributed by atoms with Gasteiger partial charge in [0, 0.05) is 24.7 Å². The van der Waals surface area contributed by atoms with E-state index < -0.39 is 0 Å². The van der Waals surface area contributed by atoms with Gasteiger partial charge in [0.2, 0.25) is 5.91 Å². The molecule has 3 N–H and O–H groups in total. The Kier molecular flexibility index (Phi) is 5.40. The smallest absolute Gasteiger partial charge is 0.225 e. The van der Waals surface area contributed by atoms with Gasteiger partial charge in [-0.2, -0.15) is 0 Å². The minimum atomic E-state index is -0.367. The second-order valence-electron chi connectivity index (χ2n) is 5.63. The van der Waals surface area contributed by atoms with Crippen LogP contribution < -0.4 is 11.1 Å². The Morgan fingerprint density at radius 3 is 2.59 bits per heavy atom. The summed E-state index contributed by atoms with van der Waals surface area (Å²) in [5.41, 5.74) is 5.16. The zero-order chi connectivity index (χ0) is 12.9. The third kappa shape index (κ3) is 4.28. The van der Waals surface area contributed by atoms with Gasteiger partial charge in [0.25, 0.3) is 0 Å². The van der Waals surface area contributed by atoms with E-state index in [1.165, 1.54) is 0 Å². The number of nitrogens with two attached hydrogens (primary N) is 1. The lowest BCUT2D eigenvalue weighted by Gasteiger charge is -2.31. The molecular formula is C13H26N2O2. The van der Waals surface area contributed by atoms with Crippen molar-refractivity contribution in [3.63, 3.8) is 0 Å². The molecule has 4 heteroatoms. The van der Waals surface area contributed by atoms with Crippen LogP contribution in [-0.4, -0.2) is 31.7 Å². The molecule has 1 fully saturated rings. The number of amides is 1. The van der Waals surface area contributed by atoms with E-state index in [4.69, 9.17) is 10.5 Å². The molecule has 0 aromatic rings. The summed E-state index contributed by atoms with van der Waals surface area (Å²) in [6, 6.07) is 0.225. The highest BCUT2D eigenvalue weighted by atomic mass is 16.5. The fourth-order valence-electron chi connectivity index (χ4n) is 2.21. The van der Waals surface area contributed by atoms with Crippen LogP contribution in [0.3, 0.4) is 0 Å². The highest BCUT2D eigenvalue weighted by Gasteiger charge is 2.30. The Balaban J connectivity index is 2.44. The van der Waals surface area contributed by atoms with Crippen LogP contribution in [-0.2, 0) is 9.53 Å². The highest BCUT2D eigenvalue weighted by molar-refractivity contribution is 5.82. The van der Waals surface area contributed by atoms with Crippen molar-refractivity contribution in [3.05, 3.63) is 0 Å². The molecule has 0 aromatic carbocycles. The van der Waals surface area contributed by atoms with Crippen LogP contribution in [0.1, 0.15) is 40.0 Å². The molecular weight excluding hydrogens is 216 g/mol. The zero-order valence-electron chi connectivity index (χ0n) is 11.3. The summed E-state index contributed by atoms with van der Waals surface area (Å²) in [7, 11) is 0. The molecule has 0 bridgehead atoms. The molecule has 17 heavy (non-hydrogen) atoms. The summed E-state index contributed by atoms with van der Waals surface area (Å²) in [5.74, 6) is 0.656. The van der Waals surface area contributed by atoms with Crippen molar-refractivity contribution in [1.82, 2.24) is 5.32 Å². The van der Waals surface area contributed by atoms with Gasteiger partial charge in [-0.1, -0.05) is 13.8 Å². The Bertz CT molecular complexity index is 248. The van der Waals surface area contributed by atoms with Crippen molar-refractivity contribution in [2.75, 3.05) is 19.8 Å². The first-order valence-corrected chi connectivity index (χ1v) is 6.56. The van der Waals surface area contributed by atoms with E-state index in [1.54, 1.807) is 0 Å². The van der Waals surface area contributed by atoms with E-state index in [0.29, 0.717) is 12.5 Å². The molecule has 0 radical (unpaired) electrons. The molecule has 1 saturated heterocycles. The molecule has 1 heterocycles. The number of ether oxygens (including phenoxy) is 1. The highest BCUT2D eigenvalue weighted by Crippen LogP contribution is 2.22. The van der Waals surface area contributed by atoms with E-state index in [-0.39, 0.29) is 17.4 Å². The van der Waals surface area contributed by atoms with Gasteiger partial charge in [-0.3, -0.25) is 4.79 Å². The minimum Gasteiger partial charge on any atom is -0.381 e. The maximum absolute atomic E-state index is 12.1. The van der Waals surface area contributed by atoms with Crippen LogP contribution in [0.2, 0.25) is 0 Å². The van der Waals surface area contributed by atoms with Crippen LogP contribution in [0.15, 0.2) is 0 Å². The Hall–Kier alpha value is -0.610. The largest absolute Gasteiger partial charge is 0.381 e. The number of nitrogens with one attached hydrogen (secondary N) is 1. The average molecular weight is 242 g/mol. The maximum atomic E-state index is 12.1.